The molecule has 1 amide bonds. The van der Waals surface area contributed by atoms with Gasteiger partial charge in [-0.15, -0.1) is 0 Å². The van der Waals surface area contributed by atoms with Crippen LogP contribution in [0.3, 0.4) is 0 Å². The summed E-state index contributed by atoms with van der Waals surface area (Å²) in [6.45, 7) is 0. The largest absolute Gasteiger partial charge is 0.481 e. The van der Waals surface area contributed by atoms with Crippen molar-refractivity contribution >= 4 is 29.2 Å². The van der Waals surface area contributed by atoms with E-state index in [0.717, 1.165) is 6.07 Å². The molecule has 4 nitrogen and oxygen atoms in total. The van der Waals surface area contributed by atoms with Crippen molar-refractivity contribution in [2.24, 2.45) is 0 Å². The van der Waals surface area contributed by atoms with Gasteiger partial charge in [-0.1, -0.05) is 11.6 Å². The molecule has 0 radical (unpaired) electrons. The van der Waals surface area contributed by atoms with Crippen LogP contribution < -0.4 is 5.32 Å². The van der Waals surface area contributed by atoms with Crippen LogP contribution in [0.4, 0.5) is 14.5 Å². The standard InChI is InChI=1S/C12H12ClF2NO3/c13-8-5-7(14)6-9(15)12(8)16-10(17)3-1-2-4-11(18)19/h5-6H,1-4H2,(H,16,17)(H,18,19). The Bertz CT molecular complexity index is 471. The number of carboxylic acid groups (broad SMARTS) is 1. The van der Waals surface area contributed by atoms with E-state index >= 15 is 0 Å². The summed E-state index contributed by atoms with van der Waals surface area (Å²) in [4.78, 5) is 21.7. The molecule has 7 heteroatoms. The summed E-state index contributed by atoms with van der Waals surface area (Å²) in [6, 6.07) is 1.51. The molecule has 0 aliphatic heterocycles. The lowest BCUT2D eigenvalue weighted by Gasteiger charge is -2.08. The van der Waals surface area contributed by atoms with Crippen molar-refractivity contribution < 1.29 is 23.5 Å². The van der Waals surface area contributed by atoms with Crippen molar-refractivity contribution in [2.75, 3.05) is 5.32 Å². The monoisotopic (exact) mass is 291 g/mol. The first-order valence-electron chi connectivity index (χ1n) is 5.56. The fourth-order valence-electron chi connectivity index (χ4n) is 1.43. The second kappa shape index (κ2) is 7.04. The Kier molecular flexibility index (Phi) is 5.69. The van der Waals surface area contributed by atoms with Crippen LogP contribution in [-0.4, -0.2) is 17.0 Å². The minimum atomic E-state index is -0.955. The van der Waals surface area contributed by atoms with Gasteiger partial charge in [-0.05, 0) is 18.9 Å². The van der Waals surface area contributed by atoms with Crippen molar-refractivity contribution in [3.63, 3.8) is 0 Å². The molecule has 0 atom stereocenters. The number of hydrogen-bond acceptors (Lipinski definition) is 2. The summed E-state index contributed by atoms with van der Waals surface area (Å²) >= 11 is 5.61. The highest BCUT2D eigenvalue weighted by molar-refractivity contribution is 6.33. The summed E-state index contributed by atoms with van der Waals surface area (Å²) in [5, 5.41) is 10.4. The maximum atomic E-state index is 13.3. The molecule has 0 saturated carbocycles. The Morgan fingerprint density at radius 2 is 1.84 bits per heavy atom. The molecule has 0 fully saturated rings. The molecular formula is C12H12ClF2NO3. The first-order chi connectivity index (χ1) is 8.90. The van der Waals surface area contributed by atoms with Crippen LogP contribution in [-0.2, 0) is 9.59 Å². The maximum Gasteiger partial charge on any atom is 0.303 e. The van der Waals surface area contributed by atoms with E-state index in [1.54, 1.807) is 0 Å². The van der Waals surface area contributed by atoms with Gasteiger partial charge in [0.25, 0.3) is 0 Å². The van der Waals surface area contributed by atoms with Gasteiger partial charge in [-0.3, -0.25) is 9.59 Å². The van der Waals surface area contributed by atoms with Crippen molar-refractivity contribution in [1.29, 1.82) is 0 Å². The zero-order valence-electron chi connectivity index (χ0n) is 9.88. The highest BCUT2D eigenvalue weighted by Crippen LogP contribution is 2.26. The third kappa shape index (κ3) is 5.21. The number of amides is 1. The summed E-state index contributed by atoms with van der Waals surface area (Å²) in [7, 11) is 0. The number of carbonyl (C=O) groups is 2. The van der Waals surface area contributed by atoms with Crippen LogP contribution >= 0.6 is 11.6 Å². The summed E-state index contributed by atoms with van der Waals surface area (Å²) in [6.07, 6.45) is 0.723. The molecule has 1 aromatic rings. The molecule has 0 aromatic heterocycles. The number of rotatable bonds is 6. The van der Waals surface area contributed by atoms with E-state index in [9.17, 15) is 18.4 Å². The highest BCUT2D eigenvalue weighted by Gasteiger charge is 2.12. The zero-order valence-corrected chi connectivity index (χ0v) is 10.6. The molecule has 0 aliphatic rings. The number of aliphatic carboxylic acids is 1. The van der Waals surface area contributed by atoms with Gasteiger partial charge in [-0.2, -0.15) is 0 Å². The van der Waals surface area contributed by atoms with Crippen LogP contribution in [0, 0.1) is 11.6 Å². The lowest BCUT2D eigenvalue weighted by molar-refractivity contribution is -0.137. The maximum absolute atomic E-state index is 13.3. The predicted octanol–water partition coefficient (Wildman–Crippen LogP) is 3.20. The topological polar surface area (TPSA) is 66.4 Å². The molecular weight excluding hydrogens is 280 g/mol. The minimum absolute atomic E-state index is 0.0288. The molecule has 104 valence electrons. The number of halogens is 3. The van der Waals surface area contributed by atoms with Crippen molar-refractivity contribution in [2.45, 2.75) is 25.7 Å². The van der Waals surface area contributed by atoms with Crippen LogP contribution in [0.1, 0.15) is 25.7 Å². The van der Waals surface area contributed by atoms with Crippen molar-refractivity contribution in [3.8, 4) is 0 Å². The van der Waals surface area contributed by atoms with Gasteiger partial charge in [0.05, 0.1) is 10.7 Å². The molecule has 0 bridgehead atoms. The summed E-state index contributed by atoms with van der Waals surface area (Å²) in [5.74, 6) is -3.23. The van der Waals surface area contributed by atoms with Crippen molar-refractivity contribution in [1.82, 2.24) is 0 Å². The second-order valence-electron chi connectivity index (χ2n) is 3.89. The molecule has 1 rings (SSSR count). The zero-order chi connectivity index (χ0) is 14.4. The van der Waals surface area contributed by atoms with E-state index in [0.29, 0.717) is 18.9 Å². The minimum Gasteiger partial charge on any atom is -0.481 e. The number of carboxylic acids is 1. The van der Waals surface area contributed by atoms with E-state index in [2.05, 4.69) is 5.32 Å². The predicted molar refractivity (Wildman–Crippen MR) is 66.1 cm³/mol. The van der Waals surface area contributed by atoms with Crippen LogP contribution in [0.25, 0.3) is 0 Å². The van der Waals surface area contributed by atoms with E-state index in [1.165, 1.54) is 0 Å². The Morgan fingerprint density at radius 1 is 1.21 bits per heavy atom. The Hall–Kier alpha value is -1.69. The Balaban J connectivity index is 2.51. The van der Waals surface area contributed by atoms with Gasteiger partial charge >= 0.3 is 5.97 Å². The first kappa shape index (κ1) is 15.4. The number of hydrogen-bond donors (Lipinski definition) is 2. The highest BCUT2D eigenvalue weighted by atomic mass is 35.5. The quantitative estimate of drug-likeness (QED) is 0.791. The summed E-state index contributed by atoms with van der Waals surface area (Å²) in [5.41, 5.74) is -0.272. The van der Waals surface area contributed by atoms with E-state index < -0.39 is 23.5 Å². The molecule has 19 heavy (non-hydrogen) atoms. The Labute approximate surface area is 113 Å². The number of carbonyl (C=O) groups excluding carboxylic acids is 1. The molecule has 0 spiro atoms. The lowest BCUT2D eigenvalue weighted by Crippen LogP contribution is -2.13. The van der Waals surface area contributed by atoms with Gasteiger partial charge in [0.2, 0.25) is 5.91 Å². The van der Waals surface area contributed by atoms with Gasteiger partial charge in [0.1, 0.15) is 5.82 Å². The lowest BCUT2D eigenvalue weighted by atomic mass is 10.2. The smallest absolute Gasteiger partial charge is 0.303 e. The first-order valence-corrected chi connectivity index (χ1v) is 5.94. The molecule has 0 saturated heterocycles. The number of benzene rings is 1. The van der Waals surface area contributed by atoms with Gasteiger partial charge in [-0.25, -0.2) is 8.78 Å². The number of unbranched alkanes of at least 4 members (excludes halogenated alkanes) is 1. The number of anilines is 1. The van der Waals surface area contributed by atoms with Crippen LogP contribution in [0.15, 0.2) is 12.1 Å². The molecule has 1 aromatic carbocycles. The Morgan fingerprint density at radius 3 is 2.42 bits per heavy atom. The molecule has 0 heterocycles. The van der Waals surface area contributed by atoms with Gasteiger partial charge in [0.15, 0.2) is 5.82 Å². The van der Waals surface area contributed by atoms with Crippen molar-refractivity contribution in [3.05, 3.63) is 28.8 Å². The normalized spacial score (nSPS) is 10.3. The molecule has 2 N–H and O–H groups in total. The van der Waals surface area contributed by atoms with E-state index in [1.807, 2.05) is 0 Å². The van der Waals surface area contributed by atoms with Gasteiger partial charge in [0, 0.05) is 18.9 Å². The van der Waals surface area contributed by atoms with Gasteiger partial charge < -0.3 is 10.4 Å². The summed E-state index contributed by atoms with van der Waals surface area (Å²) < 4.78 is 26.1. The fourth-order valence-corrected chi connectivity index (χ4v) is 1.67. The third-order valence-electron chi connectivity index (χ3n) is 2.32. The number of nitrogens with one attached hydrogen (secondary N) is 1. The van der Waals surface area contributed by atoms with Crippen LogP contribution in [0.5, 0.6) is 0 Å². The second-order valence-corrected chi connectivity index (χ2v) is 4.30. The third-order valence-corrected chi connectivity index (χ3v) is 2.61. The van der Waals surface area contributed by atoms with E-state index in [4.69, 9.17) is 16.7 Å². The molecule has 0 unspecified atom stereocenters. The molecule has 0 aliphatic carbocycles. The fraction of sp³-hybridized carbons (Fsp3) is 0.333. The van der Waals surface area contributed by atoms with E-state index in [-0.39, 0.29) is 23.6 Å². The average molecular weight is 292 g/mol. The SMILES string of the molecule is O=C(O)CCCCC(=O)Nc1c(F)cc(F)cc1Cl. The average Bonchev–Trinajstić information content (AvgIpc) is 2.29. The van der Waals surface area contributed by atoms with Crippen LogP contribution in [0.2, 0.25) is 5.02 Å².